The Balaban J connectivity index is 2.44. The Bertz CT molecular complexity index is 293. The van der Waals surface area contributed by atoms with E-state index >= 15 is 0 Å². The van der Waals surface area contributed by atoms with Crippen molar-refractivity contribution < 1.29 is 9.90 Å². The molecule has 0 saturated heterocycles. The quantitative estimate of drug-likeness (QED) is 0.658. The van der Waals surface area contributed by atoms with Crippen molar-refractivity contribution in [2.24, 2.45) is 7.05 Å². The molecule has 2 N–H and O–H groups in total. The molecule has 13 heavy (non-hydrogen) atoms. The number of aromatic nitrogens is 2. The van der Waals surface area contributed by atoms with Crippen molar-refractivity contribution in [3.05, 3.63) is 18.2 Å². The van der Waals surface area contributed by atoms with Crippen molar-refractivity contribution >= 4 is 5.91 Å². The molecule has 0 aliphatic carbocycles. The van der Waals surface area contributed by atoms with Crippen LogP contribution in [0.25, 0.3) is 0 Å². The predicted molar refractivity (Wildman–Crippen MR) is 46.7 cm³/mol. The largest absolute Gasteiger partial charge is 0.384 e. The number of aryl methyl sites for hydroxylation is 1. The lowest BCUT2D eigenvalue weighted by Gasteiger charge is -2.06. The topological polar surface area (TPSA) is 67.2 Å². The van der Waals surface area contributed by atoms with Gasteiger partial charge in [-0.05, 0) is 6.92 Å². The van der Waals surface area contributed by atoms with E-state index in [1.165, 1.54) is 6.92 Å². The molecule has 5 nitrogen and oxygen atoms in total. The minimum absolute atomic E-state index is 0.374. The van der Waals surface area contributed by atoms with Crippen LogP contribution in [0.1, 0.15) is 12.6 Å². The minimum Gasteiger partial charge on any atom is -0.384 e. The Hall–Kier alpha value is -1.36. The van der Waals surface area contributed by atoms with Crippen molar-refractivity contribution in [2.45, 2.75) is 19.6 Å². The van der Waals surface area contributed by atoms with Gasteiger partial charge in [0.2, 0.25) is 5.91 Å². The van der Waals surface area contributed by atoms with Crippen LogP contribution < -0.4 is 5.32 Å². The van der Waals surface area contributed by atoms with Crippen molar-refractivity contribution in [3.8, 4) is 0 Å². The summed E-state index contributed by atoms with van der Waals surface area (Å²) in [5.41, 5.74) is 0.897. The summed E-state index contributed by atoms with van der Waals surface area (Å²) in [5.74, 6) is -0.374. The van der Waals surface area contributed by atoms with Gasteiger partial charge >= 0.3 is 0 Å². The predicted octanol–water partition coefficient (Wildman–Crippen LogP) is -0.583. The zero-order valence-corrected chi connectivity index (χ0v) is 7.69. The van der Waals surface area contributed by atoms with E-state index < -0.39 is 6.10 Å². The molecule has 0 unspecified atom stereocenters. The first kappa shape index (κ1) is 9.73. The molecular weight excluding hydrogens is 170 g/mol. The molecule has 1 heterocycles. The van der Waals surface area contributed by atoms with Gasteiger partial charge in [0, 0.05) is 13.2 Å². The van der Waals surface area contributed by atoms with E-state index in [9.17, 15) is 4.79 Å². The normalized spacial score (nSPS) is 12.5. The monoisotopic (exact) mass is 183 g/mol. The van der Waals surface area contributed by atoms with Crippen LogP contribution in [0.5, 0.6) is 0 Å². The van der Waals surface area contributed by atoms with Gasteiger partial charge in [-0.15, -0.1) is 0 Å². The minimum atomic E-state index is -0.965. The molecule has 0 aliphatic rings. The molecule has 72 valence electrons. The van der Waals surface area contributed by atoms with Gasteiger partial charge in [-0.1, -0.05) is 0 Å². The van der Waals surface area contributed by atoms with Crippen LogP contribution in [0.15, 0.2) is 12.5 Å². The lowest BCUT2D eigenvalue weighted by Crippen LogP contribution is -2.32. The summed E-state index contributed by atoms with van der Waals surface area (Å²) >= 11 is 0. The van der Waals surface area contributed by atoms with Gasteiger partial charge in [0.1, 0.15) is 6.10 Å². The number of aliphatic hydroxyl groups is 1. The maximum absolute atomic E-state index is 11.0. The van der Waals surface area contributed by atoms with Gasteiger partial charge < -0.3 is 15.0 Å². The summed E-state index contributed by atoms with van der Waals surface area (Å²) in [6.07, 6.45) is 2.36. The van der Waals surface area contributed by atoms with Crippen LogP contribution in [-0.4, -0.2) is 26.7 Å². The Kier molecular flexibility index (Phi) is 3.02. The number of rotatable bonds is 3. The lowest BCUT2D eigenvalue weighted by atomic mass is 10.3. The maximum atomic E-state index is 11.0. The molecule has 1 aromatic heterocycles. The molecule has 1 amide bonds. The Labute approximate surface area is 76.4 Å². The smallest absolute Gasteiger partial charge is 0.248 e. The fourth-order valence-electron chi connectivity index (χ4n) is 0.880. The third-order valence-corrected chi connectivity index (χ3v) is 1.74. The molecule has 0 spiro atoms. The molecule has 5 heteroatoms. The first-order valence-corrected chi connectivity index (χ1v) is 4.02. The molecule has 1 atom stereocenters. The fraction of sp³-hybridized carbons (Fsp3) is 0.500. The second-order valence-electron chi connectivity index (χ2n) is 2.89. The number of carbonyl (C=O) groups is 1. The fourth-order valence-corrected chi connectivity index (χ4v) is 0.880. The number of nitrogens with zero attached hydrogens (tertiary/aromatic N) is 2. The summed E-state index contributed by atoms with van der Waals surface area (Å²) in [4.78, 5) is 14.9. The Morgan fingerprint density at radius 1 is 1.85 bits per heavy atom. The highest BCUT2D eigenvalue weighted by molar-refractivity contribution is 5.79. The highest BCUT2D eigenvalue weighted by atomic mass is 16.3. The summed E-state index contributed by atoms with van der Waals surface area (Å²) in [6, 6.07) is 0. The number of nitrogens with one attached hydrogen (secondary N) is 1. The zero-order valence-electron chi connectivity index (χ0n) is 7.69. The molecule has 0 saturated carbocycles. The van der Waals surface area contributed by atoms with Crippen LogP contribution in [0.4, 0.5) is 0 Å². The van der Waals surface area contributed by atoms with Gasteiger partial charge in [0.05, 0.1) is 18.6 Å². The van der Waals surface area contributed by atoms with Crippen LogP contribution >= 0.6 is 0 Å². The lowest BCUT2D eigenvalue weighted by molar-refractivity contribution is -0.128. The summed E-state index contributed by atoms with van der Waals surface area (Å²) < 4.78 is 1.81. The number of carbonyl (C=O) groups excluding carboxylic acids is 1. The van der Waals surface area contributed by atoms with E-state index in [0.29, 0.717) is 6.54 Å². The molecular formula is C8H13N3O2. The van der Waals surface area contributed by atoms with Gasteiger partial charge in [-0.2, -0.15) is 0 Å². The molecule has 0 aromatic carbocycles. The van der Waals surface area contributed by atoms with Gasteiger partial charge in [-0.25, -0.2) is 4.98 Å². The van der Waals surface area contributed by atoms with Gasteiger partial charge in [-0.3, -0.25) is 4.79 Å². The van der Waals surface area contributed by atoms with E-state index in [2.05, 4.69) is 10.3 Å². The molecule has 0 radical (unpaired) electrons. The second kappa shape index (κ2) is 4.04. The summed E-state index contributed by atoms with van der Waals surface area (Å²) in [6.45, 7) is 1.82. The second-order valence-corrected chi connectivity index (χ2v) is 2.89. The zero-order chi connectivity index (χ0) is 9.84. The third kappa shape index (κ3) is 2.55. The number of aliphatic hydroxyl groups excluding tert-OH is 1. The van der Waals surface area contributed by atoms with Crippen molar-refractivity contribution in [1.82, 2.24) is 14.9 Å². The molecule has 1 rings (SSSR count). The van der Waals surface area contributed by atoms with Crippen molar-refractivity contribution in [2.75, 3.05) is 0 Å². The van der Waals surface area contributed by atoms with Gasteiger partial charge in [0.25, 0.3) is 0 Å². The maximum Gasteiger partial charge on any atom is 0.248 e. The van der Waals surface area contributed by atoms with E-state index in [0.717, 1.165) is 5.69 Å². The average molecular weight is 183 g/mol. The van der Waals surface area contributed by atoms with Crippen LogP contribution in [-0.2, 0) is 18.4 Å². The first-order valence-electron chi connectivity index (χ1n) is 4.02. The molecule has 0 bridgehead atoms. The van der Waals surface area contributed by atoms with E-state index in [1.807, 2.05) is 11.6 Å². The number of hydrogen-bond donors (Lipinski definition) is 2. The Morgan fingerprint density at radius 3 is 3.00 bits per heavy atom. The Morgan fingerprint density at radius 2 is 2.54 bits per heavy atom. The van der Waals surface area contributed by atoms with Crippen molar-refractivity contribution in [1.29, 1.82) is 0 Å². The first-order chi connectivity index (χ1) is 6.11. The SMILES string of the molecule is C[C@H](O)C(=O)NCc1cncn1C. The number of amides is 1. The number of imidazole rings is 1. The molecule has 0 fully saturated rings. The van der Waals surface area contributed by atoms with Crippen LogP contribution in [0, 0.1) is 0 Å². The highest BCUT2D eigenvalue weighted by Crippen LogP contribution is 1.95. The van der Waals surface area contributed by atoms with E-state index in [1.54, 1.807) is 12.5 Å². The number of hydrogen-bond acceptors (Lipinski definition) is 3. The van der Waals surface area contributed by atoms with Crippen LogP contribution in [0.2, 0.25) is 0 Å². The van der Waals surface area contributed by atoms with Crippen LogP contribution in [0.3, 0.4) is 0 Å². The van der Waals surface area contributed by atoms with E-state index in [4.69, 9.17) is 5.11 Å². The molecule has 1 aromatic rings. The summed E-state index contributed by atoms with van der Waals surface area (Å²) in [5, 5.41) is 11.5. The molecule has 0 aliphatic heterocycles. The summed E-state index contributed by atoms with van der Waals surface area (Å²) in [7, 11) is 1.84. The standard InChI is InChI=1S/C8H13N3O2/c1-6(12)8(13)10-4-7-3-9-5-11(7)2/h3,5-6,12H,4H2,1-2H3,(H,10,13)/t6-/m0/s1. The van der Waals surface area contributed by atoms with Gasteiger partial charge in [0.15, 0.2) is 0 Å². The van der Waals surface area contributed by atoms with Crippen molar-refractivity contribution in [3.63, 3.8) is 0 Å². The third-order valence-electron chi connectivity index (χ3n) is 1.74. The highest BCUT2D eigenvalue weighted by Gasteiger charge is 2.08. The average Bonchev–Trinajstić information content (AvgIpc) is 2.47. The van der Waals surface area contributed by atoms with E-state index in [-0.39, 0.29) is 5.91 Å².